The average molecular weight is 443 g/mol. The number of hydrogen-bond acceptors (Lipinski definition) is 6. The van der Waals surface area contributed by atoms with Crippen molar-refractivity contribution in [1.29, 1.82) is 5.26 Å². The van der Waals surface area contributed by atoms with Gasteiger partial charge in [-0.3, -0.25) is 4.57 Å². The summed E-state index contributed by atoms with van der Waals surface area (Å²) in [5.41, 5.74) is 2.59. The molecule has 0 saturated heterocycles. The first-order valence-corrected chi connectivity index (χ1v) is 11.1. The molecule has 4 rings (SSSR count). The zero-order valence-electron chi connectivity index (χ0n) is 17.8. The van der Waals surface area contributed by atoms with Crippen molar-refractivity contribution in [2.24, 2.45) is 0 Å². The predicted octanol–water partition coefficient (Wildman–Crippen LogP) is 5.58. The molecule has 0 aliphatic carbocycles. The molecule has 1 heterocycles. The largest absolute Gasteiger partial charge is 0.497 e. The van der Waals surface area contributed by atoms with Crippen LogP contribution in [0.2, 0.25) is 0 Å². The molecule has 0 spiro atoms. The smallest absolute Gasteiger partial charge is 0.196 e. The second-order valence-corrected chi connectivity index (χ2v) is 7.95. The molecule has 0 N–H and O–H groups in total. The van der Waals surface area contributed by atoms with Gasteiger partial charge in [-0.15, -0.1) is 10.2 Å². The Kier molecular flexibility index (Phi) is 6.73. The van der Waals surface area contributed by atoms with Crippen molar-refractivity contribution in [2.45, 2.75) is 23.9 Å². The molecule has 7 heteroatoms. The van der Waals surface area contributed by atoms with E-state index in [0.29, 0.717) is 17.1 Å². The first kappa shape index (κ1) is 21.5. The Morgan fingerprint density at radius 2 is 1.62 bits per heavy atom. The summed E-state index contributed by atoms with van der Waals surface area (Å²) >= 11 is 1.54. The highest BCUT2D eigenvalue weighted by atomic mass is 32.2. The first-order valence-electron chi connectivity index (χ1n) is 10.1. The molecule has 0 fully saturated rings. The molecule has 0 saturated carbocycles. The zero-order valence-corrected chi connectivity index (χ0v) is 18.6. The maximum Gasteiger partial charge on any atom is 0.196 e. The van der Waals surface area contributed by atoms with Gasteiger partial charge < -0.3 is 9.47 Å². The van der Waals surface area contributed by atoms with Gasteiger partial charge in [-0.2, -0.15) is 5.26 Å². The number of nitriles is 1. The van der Waals surface area contributed by atoms with Crippen LogP contribution in [-0.2, 0) is 5.75 Å². The van der Waals surface area contributed by atoms with Gasteiger partial charge in [0.1, 0.15) is 11.5 Å². The van der Waals surface area contributed by atoms with E-state index in [0.717, 1.165) is 27.9 Å². The van der Waals surface area contributed by atoms with Gasteiger partial charge in [0.2, 0.25) is 0 Å². The van der Waals surface area contributed by atoms with E-state index in [-0.39, 0.29) is 6.10 Å². The summed E-state index contributed by atoms with van der Waals surface area (Å²) in [4.78, 5) is 0. The Hall–Kier alpha value is -3.76. The van der Waals surface area contributed by atoms with Crippen molar-refractivity contribution in [2.75, 3.05) is 7.11 Å². The number of ether oxygens (including phenoxy) is 2. The van der Waals surface area contributed by atoms with E-state index >= 15 is 0 Å². The van der Waals surface area contributed by atoms with Crippen molar-refractivity contribution in [3.05, 3.63) is 95.8 Å². The number of benzene rings is 3. The van der Waals surface area contributed by atoms with E-state index in [1.807, 2.05) is 90.4 Å². The van der Waals surface area contributed by atoms with Crippen LogP contribution in [-0.4, -0.2) is 21.9 Å². The number of aromatic nitrogens is 3. The van der Waals surface area contributed by atoms with Crippen LogP contribution in [0.5, 0.6) is 11.5 Å². The van der Waals surface area contributed by atoms with E-state index in [1.54, 1.807) is 18.9 Å². The molecule has 1 aromatic heterocycles. The molecule has 1 atom stereocenters. The summed E-state index contributed by atoms with van der Waals surface area (Å²) in [7, 11) is 1.63. The molecule has 0 aliphatic rings. The highest BCUT2D eigenvalue weighted by Gasteiger charge is 2.21. The molecule has 32 heavy (non-hydrogen) atoms. The van der Waals surface area contributed by atoms with Gasteiger partial charge in [0.05, 0.1) is 18.7 Å². The molecule has 0 aliphatic heterocycles. The molecule has 6 nitrogen and oxygen atoms in total. The fourth-order valence-corrected chi connectivity index (χ4v) is 4.23. The van der Waals surface area contributed by atoms with Crippen LogP contribution in [0.15, 0.2) is 84.0 Å². The first-order chi connectivity index (χ1) is 15.7. The van der Waals surface area contributed by atoms with Gasteiger partial charge in [0.15, 0.2) is 17.1 Å². The Labute approximate surface area is 191 Å². The van der Waals surface area contributed by atoms with Crippen LogP contribution >= 0.6 is 11.8 Å². The summed E-state index contributed by atoms with van der Waals surface area (Å²) in [6.07, 6.45) is -0.336. The quantitative estimate of drug-likeness (QED) is 0.332. The lowest BCUT2D eigenvalue weighted by Gasteiger charge is -2.17. The third-order valence-electron chi connectivity index (χ3n) is 4.90. The summed E-state index contributed by atoms with van der Waals surface area (Å²) < 4.78 is 13.4. The number of nitrogens with zero attached hydrogens (tertiary/aromatic N) is 4. The number of methoxy groups -OCH3 is 1. The van der Waals surface area contributed by atoms with E-state index in [4.69, 9.17) is 9.47 Å². The van der Waals surface area contributed by atoms with Crippen LogP contribution in [0.1, 0.15) is 30.0 Å². The van der Waals surface area contributed by atoms with Crippen LogP contribution in [0.25, 0.3) is 5.69 Å². The molecule has 3 aromatic carbocycles. The molecular formula is C25H22N4O2S. The van der Waals surface area contributed by atoms with Crippen molar-refractivity contribution >= 4 is 11.8 Å². The predicted molar refractivity (Wildman–Crippen MR) is 124 cm³/mol. The Morgan fingerprint density at radius 3 is 2.34 bits per heavy atom. The molecule has 4 aromatic rings. The topological polar surface area (TPSA) is 73.0 Å². The molecule has 0 bridgehead atoms. The number of hydrogen-bond donors (Lipinski definition) is 0. The van der Waals surface area contributed by atoms with Crippen molar-refractivity contribution in [3.63, 3.8) is 0 Å². The monoisotopic (exact) mass is 442 g/mol. The van der Waals surface area contributed by atoms with Crippen molar-refractivity contribution < 1.29 is 9.47 Å². The number of rotatable bonds is 8. The lowest BCUT2D eigenvalue weighted by Crippen LogP contribution is -2.11. The summed E-state index contributed by atoms with van der Waals surface area (Å²) in [5, 5.41) is 19.0. The lowest BCUT2D eigenvalue weighted by atomic mass is 10.1. The van der Waals surface area contributed by atoms with Gasteiger partial charge in [0, 0.05) is 11.4 Å². The Bertz CT molecular complexity index is 1220. The standard InChI is InChI=1S/C25H22N4O2S/c1-18(31-23-14-12-22(30-2)13-15-23)24-27-28-25(29(24)21-10-4-3-5-11-21)32-17-20-9-7-6-8-19(20)16-26/h3-15,18H,17H2,1-2H3. The Morgan fingerprint density at radius 1 is 0.938 bits per heavy atom. The third kappa shape index (κ3) is 4.76. The second kappa shape index (κ2) is 10.0. The zero-order chi connectivity index (χ0) is 22.3. The second-order valence-electron chi connectivity index (χ2n) is 7.00. The number of thioether (sulfide) groups is 1. The lowest BCUT2D eigenvalue weighted by molar-refractivity contribution is 0.213. The summed E-state index contributed by atoms with van der Waals surface area (Å²) in [6.45, 7) is 1.95. The third-order valence-corrected chi connectivity index (χ3v) is 5.88. The van der Waals surface area contributed by atoms with Gasteiger partial charge in [-0.25, -0.2) is 0 Å². The molecule has 160 valence electrons. The van der Waals surface area contributed by atoms with Crippen molar-refractivity contribution in [1.82, 2.24) is 14.8 Å². The minimum Gasteiger partial charge on any atom is -0.497 e. The SMILES string of the molecule is COc1ccc(OC(C)c2nnc(SCc3ccccc3C#N)n2-c2ccccc2)cc1. The maximum atomic E-state index is 9.38. The van der Waals surface area contributed by atoms with Gasteiger partial charge in [-0.1, -0.05) is 48.2 Å². The molecule has 0 radical (unpaired) electrons. The fraction of sp³-hybridized carbons (Fsp3) is 0.160. The summed E-state index contributed by atoms with van der Waals surface area (Å²) in [6, 6.07) is 27.3. The maximum absolute atomic E-state index is 9.38. The highest BCUT2D eigenvalue weighted by Crippen LogP contribution is 2.30. The average Bonchev–Trinajstić information content (AvgIpc) is 3.28. The minimum atomic E-state index is -0.336. The summed E-state index contributed by atoms with van der Waals surface area (Å²) in [5.74, 6) is 2.80. The molecule has 1 unspecified atom stereocenters. The van der Waals surface area contributed by atoms with E-state index in [2.05, 4.69) is 16.3 Å². The Balaban J connectivity index is 1.62. The van der Waals surface area contributed by atoms with Gasteiger partial charge in [-0.05, 0) is 55.0 Å². The van der Waals surface area contributed by atoms with Crippen LogP contribution in [0, 0.1) is 11.3 Å². The van der Waals surface area contributed by atoms with Gasteiger partial charge >= 0.3 is 0 Å². The van der Waals surface area contributed by atoms with Crippen molar-refractivity contribution in [3.8, 4) is 23.3 Å². The van der Waals surface area contributed by atoms with E-state index < -0.39 is 0 Å². The van der Waals surface area contributed by atoms with E-state index in [1.165, 1.54) is 0 Å². The van der Waals surface area contributed by atoms with Crippen LogP contribution < -0.4 is 9.47 Å². The highest BCUT2D eigenvalue weighted by molar-refractivity contribution is 7.98. The molecule has 0 amide bonds. The molecular weight excluding hydrogens is 420 g/mol. The number of para-hydroxylation sites is 1. The minimum absolute atomic E-state index is 0.336. The fourth-order valence-electron chi connectivity index (χ4n) is 3.27. The normalized spacial score (nSPS) is 11.5. The van der Waals surface area contributed by atoms with E-state index in [9.17, 15) is 5.26 Å². The van der Waals surface area contributed by atoms with Crippen LogP contribution in [0.3, 0.4) is 0 Å². The van der Waals surface area contributed by atoms with Crippen LogP contribution in [0.4, 0.5) is 0 Å². The van der Waals surface area contributed by atoms with Gasteiger partial charge in [0.25, 0.3) is 0 Å².